The van der Waals surface area contributed by atoms with Crippen LogP contribution in [0.15, 0.2) is 126 Å². The third-order valence-corrected chi connectivity index (χ3v) is 9.18. The Balaban J connectivity index is 1.23. The van der Waals surface area contributed by atoms with Gasteiger partial charge in [0.2, 0.25) is 0 Å². The zero-order valence-electron chi connectivity index (χ0n) is 28.2. The molecular formula is C40H34N4O8. The van der Waals surface area contributed by atoms with E-state index >= 15 is 0 Å². The fraction of sp³-hybridized carbons (Fsp3) is 0.175. The van der Waals surface area contributed by atoms with Crippen molar-refractivity contribution < 1.29 is 38.5 Å². The van der Waals surface area contributed by atoms with Crippen molar-refractivity contribution >= 4 is 29.7 Å². The van der Waals surface area contributed by atoms with E-state index in [-0.39, 0.29) is 47.3 Å². The molecule has 0 bridgehead atoms. The third-order valence-electron chi connectivity index (χ3n) is 9.18. The molecule has 52 heavy (non-hydrogen) atoms. The average Bonchev–Trinajstić information content (AvgIpc) is 3.49. The molecule has 0 aromatic heterocycles. The Morgan fingerprint density at radius 1 is 0.846 bits per heavy atom. The number of anilines is 1. The number of carbonyl (C=O) groups excluding carboxylic acids is 3. The van der Waals surface area contributed by atoms with Crippen molar-refractivity contribution in [3.05, 3.63) is 148 Å². The molecule has 2 atom stereocenters. The molecule has 0 radical (unpaired) electrons. The largest absolute Gasteiger partial charge is 0.480 e. The van der Waals surface area contributed by atoms with Crippen molar-refractivity contribution in [2.75, 3.05) is 25.7 Å². The summed E-state index contributed by atoms with van der Waals surface area (Å²) in [5, 5.41) is 22.7. The molecule has 0 spiro atoms. The van der Waals surface area contributed by atoms with E-state index in [0.717, 1.165) is 36.5 Å². The molecule has 6 rings (SSSR count). The molecule has 262 valence electrons. The second kappa shape index (κ2) is 14.9. The Kier molecular flexibility index (Phi) is 10.0. The van der Waals surface area contributed by atoms with Gasteiger partial charge < -0.3 is 30.4 Å². The summed E-state index contributed by atoms with van der Waals surface area (Å²) in [6, 6.07) is 31.4. The summed E-state index contributed by atoms with van der Waals surface area (Å²) in [5.74, 6) is -4.37. The molecule has 0 saturated heterocycles. The molecule has 4 N–H and O–H groups in total. The van der Waals surface area contributed by atoms with Crippen LogP contribution in [0.3, 0.4) is 0 Å². The van der Waals surface area contributed by atoms with Crippen molar-refractivity contribution in [3.8, 4) is 17.2 Å². The lowest BCUT2D eigenvalue weighted by atomic mass is 9.81. The number of amides is 1. The minimum Gasteiger partial charge on any atom is -0.480 e. The molecule has 2 unspecified atom stereocenters. The zero-order chi connectivity index (χ0) is 36.9. The molecule has 1 heterocycles. The predicted molar refractivity (Wildman–Crippen MR) is 189 cm³/mol. The summed E-state index contributed by atoms with van der Waals surface area (Å²) >= 11 is 0. The number of rotatable bonds is 10. The monoisotopic (exact) mass is 698 g/mol. The van der Waals surface area contributed by atoms with Gasteiger partial charge in [-0.3, -0.25) is 4.90 Å². The second-order valence-corrected chi connectivity index (χ2v) is 12.1. The number of fused-ring (bicyclic) bond motifs is 3. The Morgan fingerprint density at radius 3 is 1.98 bits per heavy atom. The van der Waals surface area contributed by atoms with Crippen LogP contribution in [0, 0.1) is 11.3 Å². The number of carboxylic acids is 1. The number of methoxy groups -OCH3 is 2. The van der Waals surface area contributed by atoms with Crippen LogP contribution in [-0.4, -0.2) is 56.0 Å². The maximum Gasteiger partial charge on any atom is 0.407 e. The highest BCUT2D eigenvalue weighted by Crippen LogP contribution is 2.45. The zero-order valence-corrected chi connectivity index (χ0v) is 28.2. The van der Waals surface area contributed by atoms with Crippen LogP contribution in [0.4, 0.5) is 10.5 Å². The van der Waals surface area contributed by atoms with Gasteiger partial charge in [-0.05, 0) is 45.5 Å². The van der Waals surface area contributed by atoms with Gasteiger partial charge in [0.15, 0.2) is 0 Å². The smallest absolute Gasteiger partial charge is 0.407 e. The summed E-state index contributed by atoms with van der Waals surface area (Å²) in [5.41, 5.74) is 11.7. The van der Waals surface area contributed by atoms with Gasteiger partial charge in [-0.15, -0.1) is 0 Å². The number of aliphatic carboxylic acids is 1. The van der Waals surface area contributed by atoms with E-state index < -0.39 is 36.0 Å². The number of nitrogens with one attached hydrogen (secondary N) is 1. The summed E-state index contributed by atoms with van der Waals surface area (Å²) in [7, 11) is 2.31. The number of hydrogen-bond donors (Lipinski definition) is 3. The van der Waals surface area contributed by atoms with E-state index in [1.54, 1.807) is 54.6 Å². The van der Waals surface area contributed by atoms with Crippen LogP contribution in [0.25, 0.3) is 11.1 Å². The summed E-state index contributed by atoms with van der Waals surface area (Å²) in [4.78, 5) is 53.0. The van der Waals surface area contributed by atoms with E-state index in [0.29, 0.717) is 11.1 Å². The molecule has 12 nitrogen and oxygen atoms in total. The van der Waals surface area contributed by atoms with Crippen molar-refractivity contribution in [3.63, 3.8) is 0 Å². The Hall–Kier alpha value is -6.87. The van der Waals surface area contributed by atoms with Gasteiger partial charge in [0, 0.05) is 18.0 Å². The number of benzene rings is 4. The maximum atomic E-state index is 13.3. The van der Waals surface area contributed by atoms with Crippen LogP contribution >= 0.6 is 0 Å². The van der Waals surface area contributed by atoms with Crippen molar-refractivity contribution in [1.82, 2.24) is 5.32 Å². The maximum absolute atomic E-state index is 13.3. The van der Waals surface area contributed by atoms with Gasteiger partial charge in [-0.25, -0.2) is 19.2 Å². The number of alkyl carbamates (subject to hydrolysis) is 1. The number of hydrogen-bond acceptors (Lipinski definition) is 10. The van der Waals surface area contributed by atoms with E-state index in [1.807, 2.05) is 48.5 Å². The highest BCUT2D eigenvalue weighted by Gasteiger charge is 2.43. The predicted octanol–water partition coefficient (Wildman–Crippen LogP) is 5.12. The van der Waals surface area contributed by atoms with Gasteiger partial charge in [0.1, 0.15) is 24.2 Å². The molecule has 0 saturated carbocycles. The van der Waals surface area contributed by atoms with Gasteiger partial charge in [-0.2, -0.15) is 5.26 Å². The third kappa shape index (κ3) is 6.55. The van der Waals surface area contributed by atoms with Crippen molar-refractivity contribution in [2.24, 2.45) is 5.73 Å². The van der Waals surface area contributed by atoms with Crippen LogP contribution in [0.1, 0.15) is 34.1 Å². The normalized spacial score (nSPS) is 15.6. The first-order valence-electron chi connectivity index (χ1n) is 16.3. The molecule has 1 aliphatic carbocycles. The van der Waals surface area contributed by atoms with Crippen LogP contribution < -0.4 is 16.0 Å². The van der Waals surface area contributed by atoms with Crippen molar-refractivity contribution in [2.45, 2.75) is 24.3 Å². The quantitative estimate of drug-likeness (QED) is 0.148. The topological polar surface area (TPSA) is 181 Å². The fourth-order valence-electron chi connectivity index (χ4n) is 6.78. The SMILES string of the molecule is COC(=O)C1=C(C(=O)OC)N(c2ccc(CC(NC(=O)OCC3c4ccccc4-c4ccccc43)C(=O)O)cc2)C(N)=C(C#N)C1c1ccccc1. The molecule has 0 fully saturated rings. The van der Waals surface area contributed by atoms with Gasteiger partial charge in [-0.1, -0.05) is 91.0 Å². The number of allylic oxidation sites excluding steroid dienone is 1. The molecular weight excluding hydrogens is 664 g/mol. The molecule has 1 aliphatic heterocycles. The number of nitrogens with zero attached hydrogens (tertiary/aromatic N) is 2. The van der Waals surface area contributed by atoms with Gasteiger partial charge in [0.05, 0.1) is 37.4 Å². The molecule has 4 aromatic carbocycles. The van der Waals surface area contributed by atoms with Gasteiger partial charge in [0.25, 0.3) is 0 Å². The molecule has 2 aliphatic rings. The molecule has 1 amide bonds. The second-order valence-electron chi connectivity index (χ2n) is 12.1. The van der Waals surface area contributed by atoms with Crippen molar-refractivity contribution in [1.29, 1.82) is 5.26 Å². The summed E-state index contributed by atoms with van der Waals surface area (Å²) < 4.78 is 15.7. The van der Waals surface area contributed by atoms with E-state index in [9.17, 15) is 29.5 Å². The number of esters is 2. The number of carbonyl (C=O) groups is 4. The minimum absolute atomic E-state index is 0.00145. The number of nitriles is 1. The Labute approximate surface area is 299 Å². The van der Waals surface area contributed by atoms with Crippen LogP contribution in [-0.2, 0) is 35.0 Å². The summed E-state index contributed by atoms with van der Waals surface area (Å²) in [6.07, 6.45) is -0.991. The first kappa shape index (κ1) is 35.0. The Morgan fingerprint density at radius 2 is 1.42 bits per heavy atom. The first-order chi connectivity index (χ1) is 25.2. The lowest BCUT2D eigenvalue weighted by Gasteiger charge is -2.36. The first-order valence-corrected chi connectivity index (χ1v) is 16.3. The highest BCUT2D eigenvalue weighted by molar-refractivity contribution is 6.06. The fourth-order valence-corrected chi connectivity index (χ4v) is 6.78. The average molecular weight is 699 g/mol. The molecule has 4 aromatic rings. The minimum atomic E-state index is -1.34. The lowest BCUT2D eigenvalue weighted by molar-refractivity contribution is -0.139. The van der Waals surface area contributed by atoms with E-state index in [2.05, 4.69) is 11.4 Å². The number of ether oxygens (including phenoxy) is 3. The standard InChI is InChI=1S/C40H34N4O8/c1-50-38(47)34-33(24-10-4-3-5-11-24)30(21-41)36(42)44(35(34)39(48)51-2)25-18-16-23(17-19-25)20-32(37(45)46)43-40(49)52-22-31-28-14-8-6-12-26(28)27-13-7-9-15-29(27)31/h3-19,31-33H,20,22,42H2,1-2H3,(H,43,49)(H,45,46). The number of carboxylic acid groups (broad SMARTS) is 1. The van der Waals surface area contributed by atoms with Crippen LogP contribution in [0.2, 0.25) is 0 Å². The summed E-state index contributed by atoms with van der Waals surface area (Å²) in [6.45, 7) is 0.0189. The Bertz CT molecular complexity index is 2110. The number of nitrogens with two attached hydrogens (primary N) is 1. The van der Waals surface area contributed by atoms with E-state index in [1.165, 1.54) is 4.90 Å². The highest BCUT2D eigenvalue weighted by atomic mass is 16.5. The van der Waals surface area contributed by atoms with Gasteiger partial charge >= 0.3 is 24.0 Å². The molecule has 12 heteroatoms. The van der Waals surface area contributed by atoms with E-state index in [4.69, 9.17) is 19.9 Å². The van der Waals surface area contributed by atoms with Crippen LogP contribution in [0.5, 0.6) is 0 Å². The lowest BCUT2D eigenvalue weighted by Crippen LogP contribution is -2.43.